The van der Waals surface area contributed by atoms with Crippen LogP contribution >= 0.6 is 15.9 Å². The van der Waals surface area contributed by atoms with Crippen molar-refractivity contribution in [3.05, 3.63) is 68.7 Å². The molecule has 0 saturated heterocycles. The number of nitro benzene ring substituents is 1. The van der Waals surface area contributed by atoms with Crippen molar-refractivity contribution in [2.24, 2.45) is 5.92 Å². The van der Waals surface area contributed by atoms with E-state index in [0.29, 0.717) is 22.6 Å². The number of carbonyl (C=O) groups excluding carboxylic acids is 1. The first-order chi connectivity index (χ1) is 11.9. The van der Waals surface area contributed by atoms with Gasteiger partial charge in [-0.1, -0.05) is 44.2 Å². The Kier molecular flexibility index (Phi) is 6.66. The Balaban J connectivity index is 2.20. The predicted octanol–water partition coefficient (Wildman–Crippen LogP) is 4.28. The van der Waals surface area contributed by atoms with Gasteiger partial charge in [-0.2, -0.15) is 0 Å². The third-order valence-electron chi connectivity index (χ3n) is 3.55. The zero-order valence-electron chi connectivity index (χ0n) is 14.0. The molecule has 132 valence electrons. The van der Waals surface area contributed by atoms with Crippen molar-refractivity contribution >= 4 is 33.2 Å². The lowest BCUT2D eigenvalue weighted by Gasteiger charge is -2.20. The molecule has 0 spiro atoms. The highest BCUT2D eigenvalue weighted by Gasteiger charge is 2.21. The minimum absolute atomic E-state index is 0.0394. The molecule has 0 aliphatic rings. The highest BCUT2D eigenvalue weighted by Crippen LogP contribution is 2.28. The number of nitro groups is 1. The number of nitrogens with one attached hydrogen (secondary N) is 2. The summed E-state index contributed by atoms with van der Waals surface area (Å²) in [5.41, 5.74) is 1.31. The molecule has 0 saturated carbocycles. The number of anilines is 1. The van der Waals surface area contributed by atoms with Gasteiger partial charge in [0.25, 0.3) is 5.69 Å². The highest BCUT2D eigenvalue weighted by atomic mass is 79.9. The van der Waals surface area contributed by atoms with Gasteiger partial charge in [0.05, 0.1) is 10.6 Å². The van der Waals surface area contributed by atoms with Crippen molar-refractivity contribution in [3.8, 4) is 0 Å². The third-order valence-corrected chi connectivity index (χ3v) is 4.20. The molecule has 1 atom stereocenters. The average molecular weight is 406 g/mol. The second-order valence-electron chi connectivity index (χ2n) is 6.06. The zero-order chi connectivity index (χ0) is 18.4. The summed E-state index contributed by atoms with van der Waals surface area (Å²) in [5.74, 6) is 0.173. The van der Waals surface area contributed by atoms with Crippen molar-refractivity contribution in [3.63, 3.8) is 0 Å². The Bertz CT molecular complexity index is 750. The summed E-state index contributed by atoms with van der Waals surface area (Å²) in [5, 5.41) is 16.9. The van der Waals surface area contributed by atoms with Crippen LogP contribution in [0.2, 0.25) is 0 Å². The quantitative estimate of drug-likeness (QED) is 0.531. The molecule has 0 bridgehead atoms. The minimum atomic E-state index is -0.509. The van der Waals surface area contributed by atoms with Gasteiger partial charge in [0.1, 0.15) is 6.04 Å². The Morgan fingerprint density at radius 1 is 1.20 bits per heavy atom. The number of nitrogens with zero attached hydrogens (tertiary/aromatic N) is 1. The van der Waals surface area contributed by atoms with E-state index in [-0.39, 0.29) is 11.6 Å². The second-order valence-corrected chi connectivity index (χ2v) is 6.91. The van der Waals surface area contributed by atoms with E-state index in [1.165, 1.54) is 18.2 Å². The molecule has 25 heavy (non-hydrogen) atoms. The lowest BCUT2D eigenvalue weighted by molar-refractivity contribution is -0.384. The largest absolute Gasteiger partial charge is 0.323 e. The predicted molar refractivity (Wildman–Crippen MR) is 101 cm³/mol. The number of hydrogen-bond acceptors (Lipinski definition) is 4. The first-order valence-corrected chi connectivity index (χ1v) is 8.71. The Morgan fingerprint density at radius 3 is 2.44 bits per heavy atom. The van der Waals surface area contributed by atoms with Gasteiger partial charge in [-0.05, 0) is 40.0 Å². The molecule has 0 aliphatic carbocycles. The summed E-state index contributed by atoms with van der Waals surface area (Å²) in [6.07, 6.45) is 0. The van der Waals surface area contributed by atoms with Crippen molar-refractivity contribution in [1.29, 1.82) is 0 Å². The number of carbonyl (C=O) groups is 1. The molecule has 6 nitrogen and oxygen atoms in total. The van der Waals surface area contributed by atoms with Crippen LogP contribution in [0.3, 0.4) is 0 Å². The highest BCUT2D eigenvalue weighted by molar-refractivity contribution is 9.10. The van der Waals surface area contributed by atoms with E-state index in [1.54, 1.807) is 0 Å². The summed E-state index contributed by atoms with van der Waals surface area (Å²) in [6, 6.07) is 13.2. The fourth-order valence-corrected chi connectivity index (χ4v) is 2.75. The Labute approximate surface area is 154 Å². The van der Waals surface area contributed by atoms with Gasteiger partial charge in [0.15, 0.2) is 0 Å². The maximum atomic E-state index is 12.8. The molecule has 0 radical (unpaired) electrons. The summed E-state index contributed by atoms with van der Waals surface area (Å²) in [4.78, 5) is 23.1. The van der Waals surface area contributed by atoms with E-state index < -0.39 is 11.0 Å². The number of benzene rings is 2. The van der Waals surface area contributed by atoms with Crippen LogP contribution in [0.15, 0.2) is 53.0 Å². The maximum absolute atomic E-state index is 12.8. The van der Waals surface area contributed by atoms with Gasteiger partial charge in [-0.3, -0.25) is 14.9 Å². The topological polar surface area (TPSA) is 84.3 Å². The van der Waals surface area contributed by atoms with Crippen molar-refractivity contribution in [2.45, 2.75) is 19.9 Å². The Morgan fingerprint density at radius 2 is 1.88 bits per heavy atom. The minimum Gasteiger partial charge on any atom is -0.323 e. The van der Waals surface area contributed by atoms with Gasteiger partial charge in [-0.15, -0.1) is 0 Å². The van der Waals surface area contributed by atoms with Crippen LogP contribution in [0.4, 0.5) is 11.4 Å². The summed E-state index contributed by atoms with van der Waals surface area (Å²) in [7, 11) is 0. The SMILES string of the molecule is CC(C)CN[C@H](C(=O)Nc1ccc([N+](=O)[O-])cc1Br)c1ccccc1. The van der Waals surface area contributed by atoms with Crippen LogP contribution in [0.5, 0.6) is 0 Å². The van der Waals surface area contributed by atoms with Crippen LogP contribution < -0.4 is 10.6 Å². The van der Waals surface area contributed by atoms with Crippen molar-refractivity contribution in [2.75, 3.05) is 11.9 Å². The lowest BCUT2D eigenvalue weighted by atomic mass is 10.0. The molecule has 2 rings (SSSR count). The molecular formula is C18H20BrN3O3. The first kappa shape index (κ1) is 19.1. The normalized spacial score (nSPS) is 12.0. The number of hydrogen-bond donors (Lipinski definition) is 2. The monoisotopic (exact) mass is 405 g/mol. The number of amides is 1. The zero-order valence-corrected chi connectivity index (χ0v) is 15.6. The van der Waals surface area contributed by atoms with Crippen LogP contribution in [0.25, 0.3) is 0 Å². The fourth-order valence-electron chi connectivity index (χ4n) is 2.28. The van der Waals surface area contributed by atoms with Crippen LogP contribution in [0.1, 0.15) is 25.5 Å². The molecular weight excluding hydrogens is 386 g/mol. The smallest absolute Gasteiger partial charge is 0.270 e. The van der Waals surface area contributed by atoms with E-state index in [4.69, 9.17) is 0 Å². The van der Waals surface area contributed by atoms with Gasteiger partial charge in [0, 0.05) is 16.6 Å². The second kappa shape index (κ2) is 8.73. The fraction of sp³-hybridized carbons (Fsp3) is 0.278. The standard InChI is InChI=1S/C18H20BrN3O3/c1-12(2)11-20-17(13-6-4-3-5-7-13)18(23)21-16-9-8-14(22(24)25)10-15(16)19/h3-10,12,17,20H,11H2,1-2H3,(H,21,23)/t17-/m0/s1. The number of rotatable bonds is 7. The van der Waals surface area contributed by atoms with Crippen molar-refractivity contribution < 1.29 is 9.72 Å². The van der Waals surface area contributed by atoms with E-state index >= 15 is 0 Å². The Hall–Kier alpha value is -2.25. The molecule has 0 aromatic heterocycles. The molecule has 2 aromatic carbocycles. The average Bonchev–Trinajstić information content (AvgIpc) is 2.57. The van der Waals surface area contributed by atoms with E-state index in [2.05, 4.69) is 40.4 Å². The maximum Gasteiger partial charge on any atom is 0.270 e. The summed E-state index contributed by atoms with van der Waals surface area (Å²) >= 11 is 3.27. The van der Waals surface area contributed by atoms with Crippen molar-refractivity contribution in [1.82, 2.24) is 5.32 Å². The van der Waals surface area contributed by atoms with E-state index in [1.807, 2.05) is 30.3 Å². The van der Waals surface area contributed by atoms with Gasteiger partial charge < -0.3 is 10.6 Å². The lowest BCUT2D eigenvalue weighted by Crippen LogP contribution is -2.35. The van der Waals surface area contributed by atoms with Gasteiger partial charge in [0.2, 0.25) is 5.91 Å². The molecule has 0 heterocycles. The van der Waals surface area contributed by atoms with E-state index in [9.17, 15) is 14.9 Å². The molecule has 0 unspecified atom stereocenters. The molecule has 0 fully saturated rings. The summed E-state index contributed by atoms with van der Waals surface area (Å²) < 4.78 is 0.464. The first-order valence-electron chi connectivity index (χ1n) is 7.91. The number of non-ortho nitro benzene ring substituents is 1. The molecule has 2 N–H and O–H groups in total. The summed E-state index contributed by atoms with van der Waals surface area (Å²) in [6.45, 7) is 4.83. The van der Waals surface area contributed by atoms with Crippen LogP contribution in [0, 0.1) is 16.0 Å². The van der Waals surface area contributed by atoms with Crippen LogP contribution in [-0.2, 0) is 4.79 Å². The molecule has 1 amide bonds. The molecule has 7 heteroatoms. The van der Waals surface area contributed by atoms with E-state index in [0.717, 1.165) is 5.56 Å². The third kappa shape index (κ3) is 5.37. The number of halogens is 1. The van der Waals surface area contributed by atoms with Gasteiger partial charge >= 0.3 is 0 Å². The van der Waals surface area contributed by atoms with Crippen LogP contribution in [-0.4, -0.2) is 17.4 Å². The van der Waals surface area contributed by atoms with Gasteiger partial charge in [-0.25, -0.2) is 0 Å². The molecule has 2 aromatic rings. The molecule has 0 aliphatic heterocycles.